The van der Waals surface area contributed by atoms with Crippen LogP contribution in [0.5, 0.6) is 5.88 Å². The van der Waals surface area contributed by atoms with E-state index in [1.54, 1.807) is 29.6 Å². The lowest BCUT2D eigenvalue weighted by Gasteiger charge is -2.37. The highest BCUT2D eigenvalue weighted by Gasteiger charge is 2.34. The van der Waals surface area contributed by atoms with Crippen LogP contribution in [0.25, 0.3) is 0 Å². The number of nitrogens with zero attached hydrogens (tertiary/aromatic N) is 4. The molecule has 0 aliphatic carbocycles. The van der Waals surface area contributed by atoms with Crippen molar-refractivity contribution in [1.82, 2.24) is 19.8 Å². The standard InChI is InChI=1S/C26H34N4O3/c1-5-6-7-8-22-13-23-25(28-14-22)33-24(17-29(4)16-21-9-11-27-12-10-21)19(2)15-30(26(23)32)20(3)18-31/h9-14,19-20,24,31H,5-6,15-18H2,1-4H3/t19-,20-,24+/m0/s1. The maximum Gasteiger partial charge on any atom is 0.259 e. The molecular formula is C26H34N4O3. The Morgan fingerprint density at radius 1 is 1.36 bits per heavy atom. The molecule has 3 atom stereocenters. The summed E-state index contributed by atoms with van der Waals surface area (Å²) in [7, 11) is 2.05. The number of rotatable bonds is 7. The van der Waals surface area contributed by atoms with E-state index in [0.717, 1.165) is 19.4 Å². The number of aliphatic hydroxyl groups is 1. The molecule has 3 rings (SSSR count). The molecule has 0 radical (unpaired) electrons. The van der Waals surface area contributed by atoms with Gasteiger partial charge in [0.15, 0.2) is 0 Å². The molecule has 0 aromatic carbocycles. The Bertz CT molecular complexity index is 986. The molecule has 0 spiro atoms. The zero-order chi connectivity index (χ0) is 23.8. The molecule has 176 valence electrons. The van der Waals surface area contributed by atoms with E-state index < -0.39 is 0 Å². The SMILES string of the molecule is CCCC#Cc1cnc2c(c1)C(=O)N([C@@H](C)CO)C[C@H](C)[C@@H](CN(C)Cc1ccncc1)O2. The van der Waals surface area contributed by atoms with E-state index >= 15 is 0 Å². The van der Waals surface area contributed by atoms with Gasteiger partial charge in [-0.3, -0.25) is 14.7 Å². The Labute approximate surface area is 196 Å². The molecular weight excluding hydrogens is 416 g/mol. The molecule has 1 N–H and O–H groups in total. The number of pyridine rings is 2. The monoisotopic (exact) mass is 450 g/mol. The molecule has 7 heteroatoms. The predicted octanol–water partition coefficient (Wildman–Crippen LogP) is 2.98. The second-order valence-electron chi connectivity index (χ2n) is 8.80. The topological polar surface area (TPSA) is 78.8 Å². The van der Waals surface area contributed by atoms with Crippen LogP contribution >= 0.6 is 0 Å². The minimum absolute atomic E-state index is 0.0433. The van der Waals surface area contributed by atoms with Crippen LogP contribution in [0.4, 0.5) is 0 Å². The average Bonchev–Trinajstić information content (AvgIpc) is 2.82. The molecule has 0 bridgehead atoms. The Balaban J connectivity index is 1.89. The van der Waals surface area contributed by atoms with Gasteiger partial charge in [-0.2, -0.15) is 0 Å². The van der Waals surface area contributed by atoms with Crippen molar-refractivity contribution in [2.45, 2.75) is 52.3 Å². The summed E-state index contributed by atoms with van der Waals surface area (Å²) in [5.41, 5.74) is 2.26. The number of ether oxygens (including phenoxy) is 1. The van der Waals surface area contributed by atoms with Crippen LogP contribution in [-0.4, -0.2) is 69.7 Å². The lowest BCUT2D eigenvalue weighted by molar-refractivity contribution is 0.0325. The maximum atomic E-state index is 13.4. The fourth-order valence-corrected chi connectivity index (χ4v) is 3.85. The van der Waals surface area contributed by atoms with E-state index in [-0.39, 0.29) is 30.6 Å². The Morgan fingerprint density at radius 3 is 2.82 bits per heavy atom. The van der Waals surface area contributed by atoms with Crippen molar-refractivity contribution in [1.29, 1.82) is 0 Å². The summed E-state index contributed by atoms with van der Waals surface area (Å²) in [6.45, 7) is 7.81. The van der Waals surface area contributed by atoms with Crippen LogP contribution in [0, 0.1) is 17.8 Å². The van der Waals surface area contributed by atoms with Crippen LogP contribution in [0.15, 0.2) is 36.8 Å². The van der Waals surface area contributed by atoms with Gasteiger partial charge >= 0.3 is 0 Å². The number of fused-ring (bicyclic) bond motifs is 1. The lowest BCUT2D eigenvalue weighted by atomic mass is 9.99. The second kappa shape index (κ2) is 11.8. The van der Waals surface area contributed by atoms with E-state index in [1.165, 1.54) is 5.56 Å². The highest BCUT2D eigenvalue weighted by molar-refractivity contribution is 5.97. The number of carbonyl (C=O) groups excluding carboxylic acids is 1. The summed E-state index contributed by atoms with van der Waals surface area (Å²) < 4.78 is 6.35. The van der Waals surface area contributed by atoms with Crippen molar-refractivity contribution in [3.63, 3.8) is 0 Å². The van der Waals surface area contributed by atoms with Crippen molar-refractivity contribution >= 4 is 5.91 Å². The van der Waals surface area contributed by atoms with E-state index in [1.807, 2.05) is 19.1 Å². The van der Waals surface area contributed by atoms with Gasteiger partial charge in [0.2, 0.25) is 5.88 Å². The lowest BCUT2D eigenvalue weighted by Crippen LogP contribution is -2.49. The first-order valence-electron chi connectivity index (χ1n) is 11.6. The van der Waals surface area contributed by atoms with Gasteiger partial charge in [0.05, 0.1) is 12.6 Å². The van der Waals surface area contributed by atoms with Crippen LogP contribution in [0.1, 0.15) is 55.1 Å². The van der Waals surface area contributed by atoms with E-state index in [2.05, 4.69) is 47.6 Å². The van der Waals surface area contributed by atoms with Crippen LogP contribution < -0.4 is 4.74 Å². The van der Waals surface area contributed by atoms with Gasteiger partial charge in [-0.15, -0.1) is 0 Å². The molecule has 1 aliphatic heterocycles. The first kappa shape index (κ1) is 24.7. The summed E-state index contributed by atoms with van der Waals surface area (Å²) in [6.07, 6.45) is 6.83. The molecule has 7 nitrogen and oxygen atoms in total. The van der Waals surface area contributed by atoms with Gasteiger partial charge in [0.25, 0.3) is 5.91 Å². The molecule has 2 aromatic rings. The highest BCUT2D eigenvalue weighted by atomic mass is 16.5. The fraction of sp³-hybridized carbons (Fsp3) is 0.500. The molecule has 2 aromatic heterocycles. The summed E-state index contributed by atoms with van der Waals surface area (Å²) in [6, 6.07) is 5.45. The van der Waals surface area contributed by atoms with Gasteiger partial charge in [-0.1, -0.05) is 25.7 Å². The molecule has 0 unspecified atom stereocenters. The number of aliphatic hydroxyl groups excluding tert-OH is 1. The molecule has 1 amide bonds. The van der Waals surface area contributed by atoms with Gasteiger partial charge in [0.1, 0.15) is 11.7 Å². The van der Waals surface area contributed by atoms with Gasteiger partial charge < -0.3 is 14.7 Å². The third-order valence-electron chi connectivity index (χ3n) is 5.82. The number of hydrogen-bond donors (Lipinski definition) is 1. The average molecular weight is 451 g/mol. The van der Waals surface area contributed by atoms with E-state index in [0.29, 0.717) is 30.1 Å². The number of amides is 1. The van der Waals surface area contributed by atoms with Crippen molar-refractivity contribution in [3.8, 4) is 17.7 Å². The molecule has 0 saturated carbocycles. The quantitative estimate of drug-likeness (QED) is 0.654. The van der Waals surface area contributed by atoms with Crippen molar-refractivity contribution < 1.29 is 14.6 Å². The maximum absolute atomic E-state index is 13.4. The number of carbonyl (C=O) groups is 1. The molecule has 1 aliphatic rings. The van der Waals surface area contributed by atoms with Crippen LogP contribution in [-0.2, 0) is 6.54 Å². The van der Waals surface area contributed by atoms with Gasteiger partial charge in [-0.05, 0) is 44.2 Å². The minimum Gasteiger partial charge on any atom is -0.472 e. The number of hydrogen-bond acceptors (Lipinski definition) is 6. The molecule has 0 saturated heterocycles. The smallest absolute Gasteiger partial charge is 0.259 e. The van der Waals surface area contributed by atoms with Crippen molar-refractivity contribution in [2.75, 3.05) is 26.7 Å². The van der Waals surface area contributed by atoms with Crippen LogP contribution in [0.3, 0.4) is 0 Å². The summed E-state index contributed by atoms with van der Waals surface area (Å²) in [4.78, 5) is 25.9. The minimum atomic E-state index is -0.309. The molecule has 3 heterocycles. The Hall–Kier alpha value is -2.95. The first-order valence-corrected chi connectivity index (χ1v) is 11.6. The Kier molecular flexibility index (Phi) is 8.81. The molecule has 33 heavy (non-hydrogen) atoms. The summed E-state index contributed by atoms with van der Waals surface area (Å²) in [5, 5.41) is 9.80. The normalized spacial score (nSPS) is 19.1. The first-order chi connectivity index (χ1) is 15.9. The van der Waals surface area contributed by atoms with Gasteiger partial charge in [-0.25, -0.2) is 4.98 Å². The largest absolute Gasteiger partial charge is 0.472 e. The zero-order valence-electron chi connectivity index (χ0n) is 20.0. The fourth-order valence-electron chi connectivity index (χ4n) is 3.85. The zero-order valence-corrected chi connectivity index (χ0v) is 20.0. The summed E-state index contributed by atoms with van der Waals surface area (Å²) in [5.74, 6) is 6.37. The second-order valence-corrected chi connectivity index (χ2v) is 8.80. The number of aromatic nitrogens is 2. The van der Waals surface area contributed by atoms with Crippen molar-refractivity contribution in [2.24, 2.45) is 5.92 Å². The van der Waals surface area contributed by atoms with E-state index in [4.69, 9.17) is 4.74 Å². The third-order valence-corrected chi connectivity index (χ3v) is 5.82. The number of unbranched alkanes of at least 4 members (excludes halogenated alkanes) is 1. The highest BCUT2D eigenvalue weighted by Crippen LogP contribution is 2.27. The van der Waals surface area contributed by atoms with Crippen molar-refractivity contribution in [3.05, 3.63) is 53.5 Å². The third kappa shape index (κ3) is 6.53. The number of likely N-dealkylation sites (N-methyl/N-ethyl adjacent to an activating group) is 1. The van der Waals surface area contributed by atoms with E-state index in [9.17, 15) is 9.90 Å². The summed E-state index contributed by atoms with van der Waals surface area (Å²) >= 11 is 0. The Morgan fingerprint density at radius 2 is 2.12 bits per heavy atom. The predicted molar refractivity (Wildman–Crippen MR) is 128 cm³/mol. The van der Waals surface area contributed by atoms with Crippen LogP contribution in [0.2, 0.25) is 0 Å². The molecule has 0 fully saturated rings. The van der Waals surface area contributed by atoms with Gasteiger partial charge in [0, 0.05) is 56.1 Å².